The Morgan fingerprint density at radius 3 is 2.74 bits per heavy atom. The highest BCUT2D eigenvalue weighted by molar-refractivity contribution is 5.87. The molecule has 0 aromatic carbocycles. The lowest BCUT2D eigenvalue weighted by molar-refractivity contribution is -0.224. The fourth-order valence-electron chi connectivity index (χ4n) is 5.73. The van der Waals surface area contributed by atoms with Gasteiger partial charge in [0.05, 0.1) is 12.5 Å². The standard InChI is InChI=1S/C20H28O7/c1-5-9(2)17(22)27-15-13-16(25-13)20(24,8-21)14-12-11(6-7-19(14,15)4)10(3)18(23)26-12/h5,10-16,21,24H,6-8H2,1-4H3/b9-5-/t10-,11+,12+,13-,14+,15-,16-,19+,20+/m1/s1. The Balaban J connectivity index is 1.73. The van der Waals surface area contributed by atoms with Crippen molar-refractivity contribution in [2.24, 2.45) is 23.2 Å². The van der Waals surface area contributed by atoms with Gasteiger partial charge in [0.1, 0.15) is 30.0 Å². The molecule has 2 saturated heterocycles. The van der Waals surface area contributed by atoms with Crippen LogP contribution < -0.4 is 0 Å². The number of ether oxygens (including phenoxy) is 3. The maximum Gasteiger partial charge on any atom is 0.333 e. The van der Waals surface area contributed by atoms with Crippen LogP contribution in [0.15, 0.2) is 11.6 Å². The summed E-state index contributed by atoms with van der Waals surface area (Å²) < 4.78 is 17.2. The minimum atomic E-state index is -1.52. The molecule has 0 aromatic heterocycles. The molecule has 0 spiro atoms. The van der Waals surface area contributed by atoms with Crippen molar-refractivity contribution < 1.29 is 34.0 Å². The summed E-state index contributed by atoms with van der Waals surface area (Å²) in [7, 11) is 0. The van der Waals surface area contributed by atoms with Gasteiger partial charge in [-0.2, -0.15) is 0 Å². The van der Waals surface area contributed by atoms with Gasteiger partial charge in [0.2, 0.25) is 0 Å². The minimum absolute atomic E-state index is 0.0161. The number of epoxide rings is 1. The third kappa shape index (κ3) is 2.44. The molecule has 0 unspecified atom stereocenters. The van der Waals surface area contributed by atoms with E-state index in [0.29, 0.717) is 12.0 Å². The second kappa shape index (κ2) is 6.03. The van der Waals surface area contributed by atoms with Crippen molar-refractivity contribution in [3.63, 3.8) is 0 Å². The van der Waals surface area contributed by atoms with Crippen molar-refractivity contribution in [1.82, 2.24) is 0 Å². The minimum Gasteiger partial charge on any atom is -0.461 e. The molecule has 2 aliphatic heterocycles. The molecule has 0 bridgehead atoms. The summed E-state index contributed by atoms with van der Waals surface area (Å²) in [6.45, 7) is 6.77. The van der Waals surface area contributed by atoms with Crippen LogP contribution >= 0.6 is 0 Å². The van der Waals surface area contributed by atoms with Crippen LogP contribution in [0, 0.1) is 23.2 Å². The zero-order valence-corrected chi connectivity index (χ0v) is 16.2. The lowest BCUT2D eigenvalue weighted by Crippen LogP contribution is -2.68. The summed E-state index contributed by atoms with van der Waals surface area (Å²) in [5.74, 6) is -1.50. The molecule has 0 radical (unpaired) electrons. The van der Waals surface area contributed by atoms with Gasteiger partial charge in [-0.15, -0.1) is 0 Å². The molecule has 4 rings (SSSR count). The highest BCUT2D eigenvalue weighted by Crippen LogP contribution is 2.64. The highest BCUT2D eigenvalue weighted by Gasteiger charge is 2.77. The van der Waals surface area contributed by atoms with Gasteiger partial charge in [0, 0.05) is 22.8 Å². The van der Waals surface area contributed by atoms with Gasteiger partial charge in [-0.1, -0.05) is 19.9 Å². The predicted molar refractivity (Wildman–Crippen MR) is 93.4 cm³/mol. The van der Waals surface area contributed by atoms with Crippen molar-refractivity contribution in [2.75, 3.05) is 6.61 Å². The van der Waals surface area contributed by atoms with E-state index >= 15 is 0 Å². The molecule has 0 amide bonds. The number of carbonyl (C=O) groups excluding carboxylic acids is 2. The first-order chi connectivity index (χ1) is 12.7. The Kier molecular flexibility index (Phi) is 4.22. The number of aliphatic hydroxyl groups is 2. The van der Waals surface area contributed by atoms with E-state index in [9.17, 15) is 19.8 Å². The lowest BCUT2D eigenvalue weighted by Gasteiger charge is -2.56. The highest BCUT2D eigenvalue weighted by atomic mass is 16.6. The van der Waals surface area contributed by atoms with Crippen LogP contribution in [-0.2, 0) is 23.8 Å². The van der Waals surface area contributed by atoms with E-state index in [-0.39, 0.29) is 17.8 Å². The molecule has 9 atom stereocenters. The van der Waals surface area contributed by atoms with Gasteiger partial charge in [-0.25, -0.2) is 4.79 Å². The second-order valence-electron chi connectivity index (χ2n) is 8.84. The van der Waals surface area contributed by atoms with Crippen molar-refractivity contribution in [3.05, 3.63) is 11.6 Å². The molecular weight excluding hydrogens is 352 g/mol. The van der Waals surface area contributed by atoms with E-state index in [1.807, 2.05) is 13.8 Å². The van der Waals surface area contributed by atoms with Gasteiger partial charge in [-0.05, 0) is 26.7 Å². The number of allylic oxidation sites excluding steroid dienone is 1. The van der Waals surface area contributed by atoms with Gasteiger partial charge < -0.3 is 24.4 Å². The molecule has 0 aromatic rings. The van der Waals surface area contributed by atoms with E-state index in [1.54, 1.807) is 19.9 Å². The third-order valence-electron chi connectivity index (χ3n) is 7.49. The molecule has 4 fully saturated rings. The summed E-state index contributed by atoms with van der Waals surface area (Å²) in [6.07, 6.45) is 0.926. The SMILES string of the molecule is C/C=C(/C)C(=O)O[C@@H]1[C@H]2O[C@H]2[C@](O)(CO)[C@H]2[C@H]3OC(=O)[C@H](C)[C@@H]3CC[C@]12C. The lowest BCUT2D eigenvalue weighted by atomic mass is 9.50. The number of carbonyl (C=O) groups is 2. The van der Waals surface area contributed by atoms with Crippen molar-refractivity contribution >= 4 is 11.9 Å². The average molecular weight is 380 g/mol. The Morgan fingerprint density at radius 2 is 2.11 bits per heavy atom. The summed E-state index contributed by atoms with van der Waals surface area (Å²) in [4.78, 5) is 24.7. The number of fused-ring (bicyclic) bond motifs is 4. The Hall–Kier alpha value is -1.44. The van der Waals surface area contributed by atoms with Crippen LogP contribution in [0.5, 0.6) is 0 Å². The molecule has 27 heavy (non-hydrogen) atoms. The topological polar surface area (TPSA) is 106 Å². The van der Waals surface area contributed by atoms with Crippen LogP contribution in [0.3, 0.4) is 0 Å². The van der Waals surface area contributed by atoms with Crippen LogP contribution in [0.1, 0.15) is 40.5 Å². The summed E-state index contributed by atoms with van der Waals surface area (Å²) in [5.41, 5.74) is -1.68. The molecule has 7 nitrogen and oxygen atoms in total. The van der Waals surface area contributed by atoms with Crippen molar-refractivity contribution in [2.45, 2.75) is 70.6 Å². The normalized spacial score (nSPS) is 51.0. The van der Waals surface area contributed by atoms with E-state index in [4.69, 9.17) is 14.2 Å². The van der Waals surface area contributed by atoms with Crippen LogP contribution in [0.4, 0.5) is 0 Å². The predicted octanol–water partition coefficient (Wildman–Crippen LogP) is 0.963. The summed E-state index contributed by atoms with van der Waals surface area (Å²) in [6, 6.07) is 0. The third-order valence-corrected chi connectivity index (χ3v) is 7.49. The maximum atomic E-state index is 12.4. The van der Waals surface area contributed by atoms with Crippen LogP contribution in [-0.4, -0.2) is 58.8 Å². The number of hydrogen-bond donors (Lipinski definition) is 2. The summed E-state index contributed by atoms with van der Waals surface area (Å²) >= 11 is 0. The van der Waals surface area contributed by atoms with Crippen LogP contribution in [0.2, 0.25) is 0 Å². The van der Waals surface area contributed by atoms with E-state index in [0.717, 1.165) is 6.42 Å². The number of rotatable bonds is 3. The average Bonchev–Trinajstić information content (AvgIpc) is 3.39. The van der Waals surface area contributed by atoms with E-state index in [1.165, 1.54) is 0 Å². The molecule has 2 aliphatic carbocycles. The van der Waals surface area contributed by atoms with Crippen molar-refractivity contribution in [3.8, 4) is 0 Å². The maximum absolute atomic E-state index is 12.4. The fourth-order valence-corrected chi connectivity index (χ4v) is 5.73. The molecule has 2 heterocycles. The van der Waals surface area contributed by atoms with Gasteiger partial charge in [0.15, 0.2) is 0 Å². The van der Waals surface area contributed by atoms with Gasteiger partial charge in [-0.3, -0.25) is 4.79 Å². The molecule has 2 N–H and O–H groups in total. The Morgan fingerprint density at radius 1 is 1.41 bits per heavy atom. The first-order valence-electron chi connectivity index (χ1n) is 9.72. The number of esters is 2. The van der Waals surface area contributed by atoms with Crippen LogP contribution in [0.25, 0.3) is 0 Å². The smallest absolute Gasteiger partial charge is 0.333 e. The number of hydrogen-bond acceptors (Lipinski definition) is 7. The first kappa shape index (κ1) is 18.9. The molecule has 2 saturated carbocycles. The fraction of sp³-hybridized carbons (Fsp3) is 0.800. The van der Waals surface area contributed by atoms with E-state index < -0.39 is 53.9 Å². The zero-order valence-electron chi connectivity index (χ0n) is 16.2. The van der Waals surface area contributed by atoms with Gasteiger partial charge in [0.25, 0.3) is 0 Å². The summed E-state index contributed by atoms with van der Waals surface area (Å²) in [5, 5.41) is 21.4. The largest absolute Gasteiger partial charge is 0.461 e. The first-order valence-corrected chi connectivity index (χ1v) is 9.72. The molecule has 150 valence electrons. The van der Waals surface area contributed by atoms with Crippen molar-refractivity contribution in [1.29, 1.82) is 0 Å². The Labute approximate surface area is 158 Å². The monoisotopic (exact) mass is 380 g/mol. The second-order valence-corrected chi connectivity index (χ2v) is 8.84. The molecule has 7 heteroatoms. The van der Waals surface area contributed by atoms with Gasteiger partial charge >= 0.3 is 11.9 Å². The Bertz CT molecular complexity index is 702. The van der Waals surface area contributed by atoms with E-state index in [2.05, 4.69) is 0 Å². The number of aliphatic hydroxyl groups excluding tert-OH is 1. The molecular formula is C20H28O7. The quantitative estimate of drug-likeness (QED) is 0.427. The molecule has 4 aliphatic rings. The zero-order chi connectivity index (χ0) is 19.7.